The minimum atomic E-state index is -0.847. The Morgan fingerprint density at radius 3 is 2.50 bits per heavy atom. The molecule has 0 saturated carbocycles. The third-order valence-electron chi connectivity index (χ3n) is 7.85. The Bertz CT molecular complexity index is 1150. The van der Waals surface area contributed by atoms with Crippen molar-refractivity contribution in [1.82, 2.24) is 14.7 Å². The van der Waals surface area contributed by atoms with Crippen LogP contribution >= 0.6 is 11.6 Å². The van der Waals surface area contributed by atoms with Crippen LogP contribution in [0.5, 0.6) is 0 Å². The molecule has 1 amide bonds. The van der Waals surface area contributed by atoms with E-state index in [0.717, 1.165) is 11.3 Å². The second-order valence-electron chi connectivity index (χ2n) is 10.5. The van der Waals surface area contributed by atoms with E-state index in [-0.39, 0.29) is 23.7 Å². The molecule has 2 aliphatic heterocycles. The first-order valence-electron chi connectivity index (χ1n) is 12.2. The van der Waals surface area contributed by atoms with Crippen molar-refractivity contribution in [2.45, 2.75) is 51.2 Å². The first-order valence-corrected chi connectivity index (χ1v) is 12.6. The second kappa shape index (κ2) is 9.87. The predicted molar refractivity (Wildman–Crippen MR) is 137 cm³/mol. The highest BCUT2D eigenvalue weighted by molar-refractivity contribution is 6.31. The Hall–Kier alpha value is -2.89. The number of benzene rings is 1. The van der Waals surface area contributed by atoms with Gasteiger partial charge in [-0.25, -0.2) is 4.39 Å². The number of fused-ring (bicyclic) bond motifs is 1. The lowest BCUT2D eigenvalue weighted by Gasteiger charge is -2.48. The summed E-state index contributed by atoms with van der Waals surface area (Å²) in [6.07, 6.45) is 5.58. The third kappa shape index (κ3) is 4.87. The van der Waals surface area contributed by atoms with E-state index in [2.05, 4.69) is 6.19 Å². The Kier molecular flexibility index (Phi) is 7.18. The van der Waals surface area contributed by atoms with Crippen LogP contribution in [0.4, 0.5) is 4.39 Å². The fourth-order valence-electron chi connectivity index (χ4n) is 5.56. The summed E-state index contributed by atoms with van der Waals surface area (Å²) in [4.78, 5) is 18.8. The molecule has 2 unspecified atom stereocenters. The normalized spacial score (nSPS) is 25.6. The molecule has 1 aliphatic carbocycles. The average molecular weight is 514 g/mol. The minimum Gasteiger partial charge on any atom is -0.380 e. The number of nitriles is 1. The SMILES string of the molecule is CC(=N)C1(Cc2ccc(F)cc2)CCN(C(=O)C2CN(C#N)C3=CC(Cl)=C(N(C)C)CC3(C)O2)CC1. The molecule has 2 saturated heterocycles. The van der Waals surface area contributed by atoms with Gasteiger partial charge in [0.1, 0.15) is 11.4 Å². The quantitative estimate of drug-likeness (QED) is 0.470. The van der Waals surface area contributed by atoms with Gasteiger partial charge in [0.15, 0.2) is 12.3 Å². The summed E-state index contributed by atoms with van der Waals surface area (Å²) in [5, 5.41) is 18.9. The topological polar surface area (TPSA) is 83.7 Å². The number of nitrogens with one attached hydrogen (secondary N) is 1. The van der Waals surface area contributed by atoms with E-state index in [1.165, 1.54) is 17.0 Å². The van der Waals surface area contributed by atoms with Crippen LogP contribution in [0.2, 0.25) is 0 Å². The van der Waals surface area contributed by atoms with Crippen LogP contribution < -0.4 is 0 Å². The number of amides is 1. The third-order valence-corrected chi connectivity index (χ3v) is 8.17. The molecule has 192 valence electrons. The standard InChI is InChI=1S/C27H33ClFN5O2/c1-18(31)27(14-19-5-7-20(29)8-6-19)9-11-33(12-10-27)25(35)23-16-34(17-30)24-13-21(28)22(32(3)4)15-26(24,2)36-23/h5-8,13,23,31H,9-12,14-16H2,1-4H3. The number of nitrogens with zero attached hydrogens (tertiary/aromatic N) is 4. The van der Waals surface area contributed by atoms with Crippen molar-refractivity contribution in [2.75, 3.05) is 33.7 Å². The number of piperidine rings is 1. The number of rotatable bonds is 5. The van der Waals surface area contributed by atoms with Gasteiger partial charge in [-0.05, 0) is 56.9 Å². The van der Waals surface area contributed by atoms with Crippen molar-refractivity contribution in [3.63, 3.8) is 0 Å². The fraction of sp³-hybridized carbons (Fsp3) is 0.519. The Morgan fingerprint density at radius 2 is 1.94 bits per heavy atom. The number of carbonyl (C=O) groups excluding carboxylic acids is 1. The lowest BCUT2D eigenvalue weighted by molar-refractivity contribution is -0.164. The van der Waals surface area contributed by atoms with E-state index in [9.17, 15) is 14.4 Å². The summed E-state index contributed by atoms with van der Waals surface area (Å²) in [6, 6.07) is 6.42. The fourth-order valence-corrected chi connectivity index (χ4v) is 5.90. The van der Waals surface area contributed by atoms with Crippen molar-refractivity contribution in [3.8, 4) is 6.19 Å². The van der Waals surface area contributed by atoms with Crippen molar-refractivity contribution in [1.29, 1.82) is 10.7 Å². The van der Waals surface area contributed by atoms with Gasteiger partial charge in [-0.1, -0.05) is 23.7 Å². The van der Waals surface area contributed by atoms with Crippen molar-refractivity contribution in [2.24, 2.45) is 5.41 Å². The maximum Gasteiger partial charge on any atom is 0.253 e. The van der Waals surface area contributed by atoms with E-state index >= 15 is 0 Å². The zero-order valence-corrected chi connectivity index (χ0v) is 22.0. The first kappa shape index (κ1) is 26.2. The highest BCUT2D eigenvalue weighted by atomic mass is 35.5. The van der Waals surface area contributed by atoms with E-state index in [1.54, 1.807) is 23.1 Å². The molecule has 36 heavy (non-hydrogen) atoms. The molecule has 9 heteroatoms. The van der Waals surface area contributed by atoms with Crippen molar-refractivity contribution in [3.05, 3.63) is 58.1 Å². The largest absolute Gasteiger partial charge is 0.380 e. The van der Waals surface area contributed by atoms with Gasteiger partial charge >= 0.3 is 0 Å². The summed E-state index contributed by atoms with van der Waals surface area (Å²) in [5.41, 5.74) is 1.90. The van der Waals surface area contributed by atoms with Crippen LogP contribution in [0, 0.1) is 28.1 Å². The number of hydrogen-bond acceptors (Lipinski definition) is 6. The summed E-state index contributed by atoms with van der Waals surface area (Å²) in [6.45, 7) is 4.85. The van der Waals surface area contributed by atoms with Crippen LogP contribution in [-0.2, 0) is 16.0 Å². The minimum absolute atomic E-state index is 0.138. The number of likely N-dealkylation sites (tertiary alicyclic amines) is 1. The van der Waals surface area contributed by atoms with E-state index in [0.29, 0.717) is 55.2 Å². The van der Waals surface area contributed by atoms with Gasteiger partial charge < -0.3 is 19.9 Å². The molecule has 1 aromatic rings. The van der Waals surface area contributed by atoms with Crippen molar-refractivity contribution < 1.29 is 13.9 Å². The highest BCUT2D eigenvalue weighted by Gasteiger charge is 2.48. The van der Waals surface area contributed by atoms with Gasteiger partial charge in [0.25, 0.3) is 5.91 Å². The summed E-state index contributed by atoms with van der Waals surface area (Å²) in [7, 11) is 3.81. The smallest absolute Gasteiger partial charge is 0.253 e. The Labute approximate surface area is 217 Å². The number of ether oxygens (including phenoxy) is 1. The van der Waals surface area contributed by atoms with Gasteiger partial charge in [-0.2, -0.15) is 5.26 Å². The Balaban J connectivity index is 1.48. The molecule has 0 radical (unpaired) electrons. The first-order chi connectivity index (χ1) is 17.0. The molecule has 0 spiro atoms. The van der Waals surface area contributed by atoms with Gasteiger partial charge in [0, 0.05) is 50.4 Å². The zero-order valence-electron chi connectivity index (χ0n) is 21.3. The van der Waals surface area contributed by atoms with Crippen LogP contribution in [0.25, 0.3) is 0 Å². The van der Waals surface area contributed by atoms with Gasteiger partial charge in [-0.15, -0.1) is 0 Å². The molecule has 3 aliphatic rings. The maximum absolute atomic E-state index is 13.6. The molecule has 1 N–H and O–H groups in total. The molecular weight excluding hydrogens is 481 g/mol. The van der Waals surface area contributed by atoms with E-state index in [4.69, 9.17) is 21.7 Å². The molecule has 2 fully saturated rings. The van der Waals surface area contributed by atoms with Crippen LogP contribution in [0.15, 0.2) is 46.8 Å². The van der Waals surface area contributed by atoms with Crippen LogP contribution in [0.1, 0.15) is 38.7 Å². The van der Waals surface area contributed by atoms with Crippen molar-refractivity contribution >= 4 is 23.2 Å². The van der Waals surface area contributed by atoms with Crippen LogP contribution in [0.3, 0.4) is 0 Å². The maximum atomic E-state index is 13.6. The molecule has 7 nitrogen and oxygen atoms in total. The predicted octanol–water partition coefficient (Wildman–Crippen LogP) is 4.26. The van der Waals surface area contributed by atoms with E-state index < -0.39 is 11.7 Å². The van der Waals surface area contributed by atoms with Gasteiger partial charge in [0.05, 0.1) is 17.3 Å². The average Bonchev–Trinajstić information content (AvgIpc) is 2.84. The van der Waals surface area contributed by atoms with Crippen LogP contribution in [-0.4, -0.2) is 71.8 Å². The highest BCUT2D eigenvalue weighted by Crippen LogP contribution is 2.43. The summed E-state index contributed by atoms with van der Waals surface area (Å²) < 4.78 is 19.8. The molecule has 0 aromatic heterocycles. The molecule has 2 heterocycles. The molecule has 2 atom stereocenters. The number of carbonyl (C=O) groups is 1. The molecule has 1 aromatic carbocycles. The Morgan fingerprint density at radius 1 is 1.31 bits per heavy atom. The van der Waals surface area contributed by atoms with Gasteiger partial charge in [-0.3, -0.25) is 9.69 Å². The summed E-state index contributed by atoms with van der Waals surface area (Å²) in [5.74, 6) is -0.417. The lowest BCUT2D eigenvalue weighted by atomic mass is 9.70. The van der Waals surface area contributed by atoms with Gasteiger partial charge in [0.2, 0.25) is 0 Å². The molecule has 4 rings (SSSR count). The summed E-state index contributed by atoms with van der Waals surface area (Å²) >= 11 is 6.48. The van der Waals surface area contributed by atoms with E-state index in [1.807, 2.05) is 32.8 Å². The zero-order chi connectivity index (χ0) is 26.3. The number of hydrogen-bond donors (Lipinski definition) is 1. The molecule has 0 bridgehead atoms. The monoisotopic (exact) mass is 513 g/mol. The molecular formula is C27H33ClFN5O2. The lowest BCUT2D eigenvalue weighted by Crippen LogP contribution is -2.58. The second-order valence-corrected chi connectivity index (χ2v) is 10.9. The number of halogens is 2. The number of morpholine rings is 1. The number of allylic oxidation sites excluding steroid dienone is 2.